The van der Waals surface area contributed by atoms with Gasteiger partial charge >= 0.3 is 0 Å². The maximum atomic E-state index is 13.1. The van der Waals surface area contributed by atoms with Gasteiger partial charge in [-0.25, -0.2) is 8.42 Å². The van der Waals surface area contributed by atoms with Crippen molar-refractivity contribution in [2.75, 3.05) is 32.1 Å². The van der Waals surface area contributed by atoms with Gasteiger partial charge in [-0.05, 0) is 31.4 Å². The predicted molar refractivity (Wildman–Crippen MR) is 118 cm³/mol. The smallest absolute Gasteiger partial charge is 0.243 e. The van der Waals surface area contributed by atoms with Gasteiger partial charge in [0.15, 0.2) is 11.0 Å². The lowest BCUT2D eigenvalue weighted by molar-refractivity contribution is 0.0730. The first-order valence-corrected chi connectivity index (χ1v) is 13.2. The number of hydrogen-bond donors (Lipinski definition) is 0. The first-order valence-electron chi connectivity index (χ1n) is 10.7. The average molecular weight is 462 g/mol. The minimum absolute atomic E-state index is 0.274. The van der Waals surface area contributed by atoms with Gasteiger partial charge in [0.05, 0.1) is 24.2 Å². The summed E-state index contributed by atoms with van der Waals surface area (Å²) in [6, 6.07) is 9.53. The zero-order valence-electron chi connectivity index (χ0n) is 17.4. The van der Waals surface area contributed by atoms with Crippen molar-refractivity contribution in [2.24, 2.45) is 0 Å². The highest BCUT2D eigenvalue weighted by Gasteiger charge is 2.28. The summed E-state index contributed by atoms with van der Waals surface area (Å²) >= 11 is 1.62. The highest BCUT2D eigenvalue weighted by atomic mass is 32.2. The molecule has 31 heavy (non-hydrogen) atoms. The van der Waals surface area contributed by atoms with Gasteiger partial charge in [-0.3, -0.25) is 4.57 Å². The van der Waals surface area contributed by atoms with E-state index in [2.05, 4.69) is 20.8 Å². The molecule has 0 radical (unpaired) electrons. The van der Waals surface area contributed by atoms with Gasteiger partial charge in [0.2, 0.25) is 10.0 Å². The van der Waals surface area contributed by atoms with Crippen LogP contribution in [0.4, 0.5) is 0 Å². The molecule has 0 amide bonds. The standard InChI is InChI=1S/C21H27N5O3S2/c22-10-3-4-15-30-21-24-23-20(26(21)18-7-1-2-8-18)17-6-5-9-19(16-17)31(27,28)25-11-13-29-14-12-25/h5-6,9,16,18H,1-4,7-8,11-15H2. The van der Waals surface area contributed by atoms with E-state index in [9.17, 15) is 8.42 Å². The molecule has 1 aliphatic heterocycles. The molecule has 2 fully saturated rings. The number of unbranched alkanes of at least 4 members (excludes halogenated alkanes) is 1. The fourth-order valence-electron chi connectivity index (χ4n) is 4.11. The van der Waals surface area contributed by atoms with E-state index in [-0.39, 0.29) is 4.90 Å². The Balaban J connectivity index is 1.65. The Kier molecular flexibility index (Phi) is 7.27. The van der Waals surface area contributed by atoms with Crippen molar-refractivity contribution in [3.63, 3.8) is 0 Å². The number of benzene rings is 1. The van der Waals surface area contributed by atoms with E-state index in [0.29, 0.717) is 44.6 Å². The van der Waals surface area contributed by atoms with Crippen LogP contribution in [0.5, 0.6) is 0 Å². The monoisotopic (exact) mass is 461 g/mol. The quantitative estimate of drug-likeness (QED) is 0.438. The van der Waals surface area contributed by atoms with Gasteiger partial charge in [0, 0.05) is 36.9 Å². The van der Waals surface area contributed by atoms with Gasteiger partial charge in [0.1, 0.15) is 0 Å². The number of rotatable bonds is 8. The van der Waals surface area contributed by atoms with Crippen LogP contribution in [0.1, 0.15) is 44.6 Å². The summed E-state index contributed by atoms with van der Waals surface area (Å²) in [5.74, 6) is 1.53. The van der Waals surface area contributed by atoms with Crippen molar-refractivity contribution in [3.8, 4) is 17.5 Å². The van der Waals surface area contributed by atoms with Gasteiger partial charge in [-0.2, -0.15) is 9.57 Å². The summed E-state index contributed by atoms with van der Waals surface area (Å²) in [4.78, 5) is 0.274. The van der Waals surface area contributed by atoms with Crippen LogP contribution in [0.3, 0.4) is 0 Å². The molecule has 0 atom stereocenters. The minimum atomic E-state index is -3.58. The number of hydrogen-bond acceptors (Lipinski definition) is 7. The lowest BCUT2D eigenvalue weighted by atomic mass is 10.2. The highest BCUT2D eigenvalue weighted by Crippen LogP contribution is 2.37. The molecular weight excluding hydrogens is 434 g/mol. The molecule has 1 saturated heterocycles. The highest BCUT2D eigenvalue weighted by molar-refractivity contribution is 7.99. The maximum Gasteiger partial charge on any atom is 0.243 e. The molecule has 10 heteroatoms. The third-order valence-corrected chi connectivity index (χ3v) is 8.64. The summed E-state index contributed by atoms with van der Waals surface area (Å²) in [7, 11) is -3.58. The minimum Gasteiger partial charge on any atom is -0.379 e. The van der Waals surface area contributed by atoms with Crippen LogP contribution in [0.15, 0.2) is 34.3 Å². The average Bonchev–Trinajstić information content (AvgIpc) is 3.47. The van der Waals surface area contributed by atoms with E-state index in [1.54, 1.807) is 30.0 Å². The fraction of sp³-hybridized carbons (Fsp3) is 0.571. The van der Waals surface area contributed by atoms with Crippen LogP contribution in [0.2, 0.25) is 0 Å². The molecule has 1 saturated carbocycles. The molecule has 0 bridgehead atoms. The third kappa shape index (κ3) is 4.95. The number of nitrogens with zero attached hydrogens (tertiary/aromatic N) is 5. The molecule has 2 heterocycles. The second kappa shape index (κ2) is 10.1. The maximum absolute atomic E-state index is 13.1. The molecule has 4 rings (SSSR count). The van der Waals surface area contributed by atoms with E-state index in [1.807, 2.05) is 6.07 Å². The lowest BCUT2D eigenvalue weighted by Gasteiger charge is -2.26. The van der Waals surface area contributed by atoms with Gasteiger partial charge < -0.3 is 4.74 Å². The van der Waals surface area contributed by atoms with E-state index < -0.39 is 10.0 Å². The van der Waals surface area contributed by atoms with Crippen LogP contribution in [0, 0.1) is 11.3 Å². The van der Waals surface area contributed by atoms with Crippen molar-refractivity contribution in [1.82, 2.24) is 19.1 Å². The summed E-state index contributed by atoms with van der Waals surface area (Å²) in [6.45, 7) is 1.57. The number of thioether (sulfide) groups is 1. The van der Waals surface area contributed by atoms with E-state index in [0.717, 1.165) is 35.7 Å². The number of sulfonamides is 1. The van der Waals surface area contributed by atoms with Crippen molar-refractivity contribution in [1.29, 1.82) is 5.26 Å². The number of ether oxygens (including phenoxy) is 1. The Bertz CT molecular complexity index is 1040. The summed E-state index contributed by atoms with van der Waals surface area (Å²) < 4.78 is 35.2. The molecule has 1 aliphatic carbocycles. The first-order chi connectivity index (χ1) is 15.1. The second-order valence-electron chi connectivity index (χ2n) is 7.77. The van der Waals surface area contributed by atoms with Crippen molar-refractivity contribution in [2.45, 2.75) is 54.6 Å². The van der Waals surface area contributed by atoms with Crippen LogP contribution < -0.4 is 0 Å². The lowest BCUT2D eigenvalue weighted by Crippen LogP contribution is -2.40. The van der Waals surface area contributed by atoms with Crippen molar-refractivity contribution in [3.05, 3.63) is 24.3 Å². The molecule has 8 nitrogen and oxygen atoms in total. The molecule has 166 valence electrons. The summed E-state index contributed by atoms with van der Waals surface area (Å²) in [6.07, 6.45) is 5.82. The van der Waals surface area contributed by atoms with Crippen LogP contribution in [-0.2, 0) is 14.8 Å². The first kappa shape index (κ1) is 22.3. The normalized spacial score (nSPS) is 18.3. The van der Waals surface area contributed by atoms with Crippen LogP contribution in [0.25, 0.3) is 11.4 Å². The zero-order valence-corrected chi connectivity index (χ0v) is 19.1. The largest absolute Gasteiger partial charge is 0.379 e. The number of nitriles is 1. The van der Waals surface area contributed by atoms with Crippen molar-refractivity contribution >= 4 is 21.8 Å². The SMILES string of the molecule is N#CCCCSc1nnc(-c2cccc(S(=O)(=O)N3CCOCC3)c2)n1C1CCCC1. The second-order valence-corrected chi connectivity index (χ2v) is 10.8. The number of morpholine rings is 1. The van der Waals surface area contributed by atoms with Crippen LogP contribution in [-0.4, -0.2) is 59.5 Å². The Morgan fingerprint density at radius 2 is 1.97 bits per heavy atom. The molecule has 0 N–H and O–H groups in total. The van der Waals surface area contributed by atoms with Gasteiger partial charge in [-0.15, -0.1) is 10.2 Å². The molecule has 1 aromatic heterocycles. The van der Waals surface area contributed by atoms with Gasteiger partial charge in [-0.1, -0.05) is 36.7 Å². The fourth-order valence-corrected chi connectivity index (χ4v) is 6.51. The van der Waals surface area contributed by atoms with E-state index in [1.165, 1.54) is 17.1 Å². The Morgan fingerprint density at radius 1 is 1.19 bits per heavy atom. The molecule has 2 aromatic rings. The number of aromatic nitrogens is 3. The summed E-state index contributed by atoms with van der Waals surface area (Å²) in [5.41, 5.74) is 0.762. The predicted octanol–water partition coefficient (Wildman–Crippen LogP) is 3.48. The van der Waals surface area contributed by atoms with Gasteiger partial charge in [0.25, 0.3) is 0 Å². The van der Waals surface area contributed by atoms with E-state index in [4.69, 9.17) is 10.00 Å². The third-order valence-electron chi connectivity index (χ3n) is 5.72. The zero-order chi connectivity index (χ0) is 21.7. The molecule has 0 spiro atoms. The Morgan fingerprint density at radius 3 is 2.71 bits per heavy atom. The molecule has 2 aliphatic rings. The molecular formula is C21H27N5O3S2. The Hall–Kier alpha value is -1.93. The Labute approximate surface area is 187 Å². The topological polar surface area (TPSA) is 101 Å². The summed E-state index contributed by atoms with van der Waals surface area (Å²) in [5, 5.41) is 18.5. The van der Waals surface area contributed by atoms with Crippen molar-refractivity contribution < 1.29 is 13.2 Å². The molecule has 0 unspecified atom stereocenters. The van der Waals surface area contributed by atoms with Crippen LogP contribution >= 0.6 is 11.8 Å². The molecule has 1 aromatic carbocycles. The van der Waals surface area contributed by atoms with E-state index >= 15 is 0 Å².